The van der Waals surface area contributed by atoms with Crippen LogP contribution in [0.15, 0.2) is 30.3 Å². The molecule has 6 heteroatoms. The third kappa shape index (κ3) is 4.71. The van der Waals surface area contributed by atoms with Crippen LogP contribution in [-0.4, -0.2) is 67.0 Å². The van der Waals surface area contributed by atoms with Gasteiger partial charge in [0.1, 0.15) is 11.8 Å². The SMILES string of the molecule is CNC(=O)[C@@H]1CN(C(=O)CCOc2ccccc2)CCN1C(C)C. The van der Waals surface area contributed by atoms with Crippen LogP contribution in [0.25, 0.3) is 0 Å². The first-order chi connectivity index (χ1) is 11.5. The zero-order chi connectivity index (χ0) is 17.5. The van der Waals surface area contributed by atoms with Gasteiger partial charge in [-0.1, -0.05) is 18.2 Å². The van der Waals surface area contributed by atoms with Crippen molar-refractivity contribution in [2.24, 2.45) is 0 Å². The van der Waals surface area contributed by atoms with E-state index in [9.17, 15) is 9.59 Å². The molecule has 1 aromatic rings. The largest absolute Gasteiger partial charge is 0.493 e. The number of likely N-dealkylation sites (N-methyl/N-ethyl adjacent to an activating group) is 1. The Bertz CT molecular complexity index is 548. The molecule has 0 unspecified atom stereocenters. The van der Waals surface area contributed by atoms with Crippen LogP contribution in [0.4, 0.5) is 0 Å². The molecule has 0 bridgehead atoms. The van der Waals surface area contributed by atoms with Crippen molar-refractivity contribution in [1.82, 2.24) is 15.1 Å². The number of carbonyl (C=O) groups excluding carboxylic acids is 2. The van der Waals surface area contributed by atoms with Crippen LogP contribution in [0.2, 0.25) is 0 Å². The van der Waals surface area contributed by atoms with E-state index in [1.54, 1.807) is 11.9 Å². The number of benzene rings is 1. The number of hydrogen-bond donors (Lipinski definition) is 1. The quantitative estimate of drug-likeness (QED) is 0.847. The smallest absolute Gasteiger partial charge is 0.238 e. The number of rotatable bonds is 6. The maximum Gasteiger partial charge on any atom is 0.238 e. The number of hydrogen-bond acceptors (Lipinski definition) is 4. The van der Waals surface area contributed by atoms with Crippen molar-refractivity contribution in [2.75, 3.05) is 33.3 Å². The maximum absolute atomic E-state index is 12.4. The molecule has 1 N–H and O–H groups in total. The Labute approximate surface area is 143 Å². The molecule has 1 aliphatic rings. The van der Waals surface area contributed by atoms with Crippen LogP contribution in [-0.2, 0) is 9.59 Å². The first-order valence-electron chi connectivity index (χ1n) is 8.46. The third-order valence-electron chi connectivity index (χ3n) is 4.31. The molecule has 1 aromatic carbocycles. The Hall–Kier alpha value is -2.08. The van der Waals surface area contributed by atoms with Crippen molar-refractivity contribution in [3.8, 4) is 5.75 Å². The minimum absolute atomic E-state index is 0.0308. The van der Waals surface area contributed by atoms with Crippen molar-refractivity contribution in [3.05, 3.63) is 30.3 Å². The molecule has 0 saturated carbocycles. The number of piperazine rings is 1. The van der Waals surface area contributed by atoms with Crippen LogP contribution in [0, 0.1) is 0 Å². The van der Waals surface area contributed by atoms with Gasteiger partial charge in [0.25, 0.3) is 0 Å². The fourth-order valence-corrected chi connectivity index (χ4v) is 2.97. The van der Waals surface area contributed by atoms with Gasteiger partial charge in [0.05, 0.1) is 13.0 Å². The summed E-state index contributed by atoms with van der Waals surface area (Å²) >= 11 is 0. The summed E-state index contributed by atoms with van der Waals surface area (Å²) < 4.78 is 5.59. The van der Waals surface area contributed by atoms with Gasteiger partial charge in [-0.2, -0.15) is 0 Å². The number of para-hydroxylation sites is 1. The molecule has 132 valence electrons. The molecule has 2 amide bonds. The highest BCUT2D eigenvalue weighted by Crippen LogP contribution is 2.15. The number of carbonyl (C=O) groups is 2. The zero-order valence-corrected chi connectivity index (χ0v) is 14.7. The molecule has 1 aliphatic heterocycles. The van der Waals surface area contributed by atoms with Crippen molar-refractivity contribution in [3.63, 3.8) is 0 Å². The van der Waals surface area contributed by atoms with E-state index in [1.165, 1.54) is 0 Å². The Kier molecular flexibility index (Phi) is 6.61. The first kappa shape index (κ1) is 18.3. The fourth-order valence-electron chi connectivity index (χ4n) is 2.97. The summed E-state index contributed by atoms with van der Waals surface area (Å²) in [6, 6.07) is 9.44. The third-order valence-corrected chi connectivity index (χ3v) is 4.31. The number of nitrogens with zero attached hydrogens (tertiary/aromatic N) is 2. The van der Waals surface area contributed by atoms with E-state index in [1.807, 2.05) is 30.3 Å². The predicted molar refractivity (Wildman–Crippen MR) is 92.8 cm³/mol. The van der Waals surface area contributed by atoms with Gasteiger partial charge in [0.2, 0.25) is 11.8 Å². The lowest BCUT2D eigenvalue weighted by Gasteiger charge is -2.42. The van der Waals surface area contributed by atoms with E-state index in [2.05, 4.69) is 24.1 Å². The summed E-state index contributed by atoms with van der Waals surface area (Å²) in [4.78, 5) is 28.5. The standard InChI is InChI=1S/C18H27N3O3/c1-14(2)21-11-10-20(13-16(21)18(23)19-3)17(22)9-12-24-15-7-5-4-6-8-15/h4-8,14,16H,9-13H2,1-3H3,(H,19,23)/t16-/m0/s1. The van der Waals surface area contributed by atoms with Crippen LogP contribution < -0.4 is 10.1 Å². The summed E-state index contributed by atoms with van der Waals surface area (Å²) in [7, 11) is 1.63. The molecule has 0 aromatic heterocycles. The van der Waals surface area contributed by atoms with Gasteiger partial charge in [-0.05, 0) is 26.0 Å². The van der Waals surface area contributed by atoms with Crippen molar-refractivity contribution >= 4 is 11.8 Å². The first-order valence-corrected chi connectivity index (χ1v) is 8.46. The van der Waals surface area contributed by atoms with E-state index in [-0.39, 0.29) is 23.9 Å². The second-order valence-corrected chi connectivity index (χ2v) is 6.21. The molecule has 2 rings (SSSR count). The molecule has 0 aliphatic carbocycles. The zero-order valence-electron chi connectivity index (χ0n) is 14.7. The summed E-state index contributed by atoms with van der Waals surface area (Å²) in [6.07, 6.45) is 0.317. The van der Waals surface area contributed by atoms with Gasteiger partial charge in [0.15, 0.2) is 0 Å². The Morgan fingerprint density at radius 1 is 1.25 bits per heavy atom. The highest BCUT2D eigenvalue weighted by Gasteiger charge is 2.34. The lowest BCUT2D eigenvalue weighted by Crippen LogP contribution is -2.61. The Morgan fingerprint density at radius 3 is 2.58 bits per heavy atom. The minimum Gasteiger partial charge on any atom is -0.493 e. The average molecular weight is 333 g/mol. The van der Waals surface area contributed by atoms with E-state index >= 15 is 0 Å². The lowest BCUT2D eigenvalue weighted by molar-refractivity contribution is -0.139. The van der Waals surface area contributed by atoms with E-state index in [0.717, 1.165) is 5.75 Å². The average Bonchev–Trinajstić information content (AvgIpc) is 2.61. The molecular weight excluding hydrogens is 306 g/mol. The lowest BCUT2D eigenvalue weighted by atomic mass is 10.1. The fraction of sp³-hybridized carbons (Fsp3) is 0.556. The molecule has 24 heavy (non-hydrogen) atoms. The van der Waals surface area contributed by atoms with Gasteiger partial charge in [-0.25, -0.2) is 0 Å². The number of ether oxygens (including phenoxy) is 1. The van der Waals surface area contributed by atoms with Gasteiger partial charge < -0.3 is 15.0 Å². The Morgan fingerprint density at radius 2 is 1.96 bits per heavy atom. The second kappa shape index (κ2) is 8.68. The van der Waals surface area contributed by atoms with E-state index in [4.69, 9.17) is 4.74 Å². The summed E-state index contributed by atoms with van der Waals surface area (Å²) in [5.41, 5.74) is 0. The van der Waals surface area contributed by atoms with Gasteiger partial charge in [-0.3, -0.25) is 14.5 Å². The van der Waals surface area contributed by atoms with Crippen molar-refractivity contribution < 1.29 is 14.3 Å². The molecule has 0 spiro atoms. The van der Waals surface area contributed by atoms with Crippen molar-refractivity contribution in [1.29, 1.82) is 0 Å². The molecule has 6 nitrogen and oxygen atoms in total. The number of amides is 2. The molecule has 1 fully saturated rings. The van der Waals surface area contributed by atoms with Crippen LogP contribution in [0.5, 0.6) is 5.75 Å². The van der Waals surface area contributed by atoms with Crippen molar-refractivity contribution in [2.45, 2.75) is 32.4 Å². The van der Waals surface area contributed by atoms with Gasteiger partial charge in [0, 0.05) is 32.7 Å². The monoisotopic (exact) mass is 333 g/mol. The normalized spacial score (nSPS) is 18.5. The van der Waals surface area contributed by atoms with Crippen LogP contribution in [0.1, 0.15) is 20.3 Å². The molecule has 1 heterocycles. The summed E-state index contributed by atoms with van der Waals surface area (Å²) in [5, 5.41) is 2.70. The van der Waals surface area contributed by atoms with E-state index < -0.39 is 0 Å². The maximum atomic E-state index is 12.4. The minimum atomic E-state index is -0.289. The molecular formula is C18H27N3O3. The molecule has 1 atom stereocenters. The van der Waals surface area contributed by atoms with Crippen LogP contribution >= 0.6 is 0 Å². The van der Waals surface area contributed by atoms with E-state index in [0.29, 0.717) is 32.7 Å². The van der Waals surface area contributed by atoms with Crippen LogP contribution in [0.3, 0.4) is 0 Å². The van der Waals surface area contributed by atoms with Gasteiger partial charge in [-0.15, -0.1) is 0 Å². The topological polar surface area (TPSA) is 61.9 Å². The Balaban J connectivity index is 1.87. The summed E-state index contributed by atoms with van der Waals surface area (Å²) in [6.45, 7) is 6.28. The highest BCUT2D eigenvalue weighted by molar-refractivity contribution is 5.83. The molecule has 0 radical (unpaired) electrons. The summed E-state index contributed by atoms with van der Waals surface area (Å²) in [5.74, 6) is 0.753. The highest BCUT2D eigenvalue weighted by atomic mass is 16.5. The second-order valence-electron chi connectivity index (χ2n) is 6.21. The predicted octanol–water partition coefficient (Wildman–Crippen LogP) is 1.12. The number of nitrogens with one attached hydrogen (secondary N) is 1. The molecule has 1 saturated heterocycles. The van der Waals surface area contributed by atoms with Gasteiger partial charge >= 0.3 is 0 Å².